The molecule has 2 N–H and O–H groups in total. The van der Waals surface area contributed by atoms with Crippen molar-refractivity contribution in [1.29, 1.82) is 0 Å². The van der Waals surface area contributed by atoms with Gasteiger partial charge in [0, 0.05) is 17.7 Å². The molecule has 1 heterocycles. The van der Waals surface area contributed by atoms with E-state index in [1.807, 2.05) is 18.2 Å². The van der Waals surface area contributed by atoms with Gasteiger partial charge in [0.2, 0.25) is 5.91 Å². The van der Waals surface area contributed by atoms with Crippen LogP contribution in [0.3, 0.4) is 0 Å². The van der Waals surface area contributed by atoms with Crippen molar-refractivity contribution in [3.63, 3.8) is 0 Å². The predicted octanol–water partition coefficient (Wildman–Crippen LogP) is 4.00. The van der Waals surface area contributed by atoms with Gasteiger partial charge in [-0.15, -0.1) is 11.3 Å². The second-order valence-electron chi connectivity index (χ2n) is 6.85. The fraction of sp³-hybridized carbons (Fsp3) is 0.381. The van der Waals surface area contributed by atoms with Crippen molar-refractivity contribution < 1.29 is 24.2 Å². The van der Waals surface area contributed by atoms with Gasteiger partial charge >= 0.3 is 11.9 Å². The number of benzene rings is 1. The third kappa shape index (κ3) is 4.59. The van der Waals surface area contributed by atoms with Crippen LogP contribution >= 0.6 is 11.3 Å². The summed E-state index contributed by atoms with van der Waals surface area (Å²) in [4.78, 5) is 36.3. The normalized spacial score (nSPS) is 15.5. The molecule has 3 rings (SSSR count). The zero-order chi connectivity index (χ0) is 20.1. The number of nitrogens with one attached hydrogen (secondary N) is 1. The number of hydrogen-bond acceptors (Lipinski definition) is 5. The molecule has 28 heavy (non-hydrogen) atoms. The van der Waals surface area contributed by atoms with Crippen LogP contribution in [-0.4, -0.2) is 30.1 Å². The Labute approximate surface area is 167 Å². The molecule has 1 aliphatic carbocycles. The van der Waals surface area contributed by atoms with Gasteiger partial charge in [-0.2, -0.15) is 0 Å². The molecular weight excluding hydrogens is 378 g/mol. The Morgan fingerprint density at radius 1 is 1.21 bits per heavy atom. The molecule has 0 spiro atoms. The number of carbonyl (C=O) groups is 3. The van der Waals surface area contributed by atoms with E-state index in [2.05, 4.69) is 17.4 Å². The Morgan fingerprint density at radius 2 is 1.96 bits per heavy atom. The van der Waals surface area contributed by atoms with Crippen molar-refractivity contribution in [1.82, 2.24) is 0 Å². The molecule has 0 aliphatic heterocycles. The highest BCUT2D eigenvalue weighted by Gasteiger charge is 2.30. The van der Waals surface area contributed by atoms with E-state index in [0.717, 1.165) is 29.7 Å². The number of carboxylic acid groups (broad SMARTS) is 1. The summed E-state index contributed by atoms with van der Waals surface area (Å²) in [5.74, 6) is -1.28. The lowest BCUT2D eigenvalue weighted by Gasteiger charge is -2.22. The van der Waals surface area contributed by atoms with Crippen molar-refractivity contribution in [2.75, 3.05) is 12.4 Å². The summed E-state index contributed by atoms with van der Waals surface area (Å²) in [7, 11) is 1.33. The van der Waals surface area contributed by atoms with Crippen LogP contribution in [0.25, 0.3) is 0 Å². The molecule has 148 valence electrons. The number of carbonyl (C=O) groups excluding carboxylic acids is 2. The maximum Gasteiger partial charge on any atom is 0.341 e. The first-order chi connectivity index (χ1) is 13.5. The molecule has 0 unspecified atom stereocenters. The first kappa shape index (κ1) is 20.1. The maximum absolute atomic E-state index is 12.4. The monoisotopic (exact) mass is 401 g/mol. The molecule has 1 aromatic carbocycles. The van der Waals surface area contributed by atoms with Crippen molar-refractivity contribution in [2.24, 2.45) is 0 Å². The summed E-state index contributed by atoms with van der Waals surface area (Å²) in [5.41, 5.74) is 2.69. The van der Waals surface area contributed by atoms with Gasteiger partial charge in [-0.25, -0.2) is 4.79 Å². The average molecular weight is 401 g/mol. The Kier molecular flexibility index (Phi) is 6.46. The van der Waals surface area contributed by atoms with E-state index < -0.39 is 11.9 Å². The van der Waals surface area contributed by atoms with Crippen LogP contribution in [0.2, 0.25) is 0 Å². The van der Waals surface area contributed by atoms with E-state index >= 15 is 0 Å². The second-order valence-corrected chi connectivity index (χ2v) is 7.95. The highest BCUT2D eigenvalue weighted by Crippen LogP contribution is 2.42. The number of aliphatic carboxylic acids is 1. The van der Waals surface area contributed by atoms with Crippen LogP contribution in [-0.2, 0) is 27.2 Å². The SMILES string of the molecule is COC(=O)c1c(NC(=O)CCCC(=O)O)sc2c1CC[C@@H](c1ccccc1)C2. The minimum Gasteiger partial charge on any atom is -0.481 e. The van der Waals surface area contributed by atoms with Crippen LogP contribution in [0.15, 0.2) is 30.3 Å². The highest BCUT2D eigenvalue weighted by molar-refractivity contribution is 7.17. The van der Waals surface area contributed by atoms with Crippen molar-refractivity contribution in [3.05, 3.63) is 51.9 Å². The molecule has 1 aliphatic rings. The van der Waals surface area contributed by atoms with Crippen molar-refractivity contribution in [2.45, 2.75) is 44.4 Å². The Bertz CT molecular complexity index is 874. The number of rotatable bonds is 7. The number of methoxy groups -OCH3 is 1. The predicted molar refractivity (Wildman–Crippen MR) is 107 cm³/mol. The average Bonchev–Trinajstić information content (AvgIpc) is 3.04. The standard InChI is InChI=1S/C21H23NO5S/c1-27-21(26)19-15-11-10-14(13-6-3-2-4-7-13)12-16(15)28-20(19)22-17(23)8-5-9-18(24)25/h2-4,6-7,14H,5,8-12H2,1H3,(H,22,23)(H,24,25)/t14-/m1/s1. The van der Waals surface area contributed by atoms with Gasteiger partial charge in [0.1, 0.15) is 5.00 Å². The highest BCUT2D eigenvalue weighted by atomic mass is 32.1. The zero-order valence-electron chi connectivity index (χ0n) is 15.7. The van der Waals surface area contributed by atoms with Gasteiger partial charge in [-0.05, 0) is 42.7 Å². The summed E-state index contributed by atoms with van der Waals surface area (Å²) in [5, 5.41) is 12.0. The molecule has 0 saturated heterocycles. The lowest BCUT2D eigenvalue weighted by atomic mass is 9.83. The molecule has 0 bridgehead atoms. The summed E-state index contributed by atoms with van der Waals surface area (Å²) in [6, 6.07) is 10.3. The summed E-state index contributed by atoms with van der Waals surface area (Å²) >= 11 is 1.42. The topological polar surface area (TPSA) is 92.7 Å². The first-order valence-corrected chi connectivity index (χ1v) is 10.1. The van der Waals surface area contributed by atoms with E-state index in [1.54, 1.807) is 0 Å². The Morgan fingerprint density at radius 3 is 2.64 bits per heavy atom. The van der Waals surface area contributed by atoms with E-state index in [4.69, 9.17) is 9.84 Å². The lowest BCUT2D eigenvalue weighted by Crippen LogP contribution is -2.16. The van der Waals surface area contributed by atoms with Crippen LogP contribution < -0.4 is 5.32 Å². The maximum atomic E-state index is 12.4. The molecule has 7 heteroatoms. The third-order valence-corrected chi connectivity index (χ3v) is 6.14. The van der Waals surface area contributed by atoms with Gasteiger partial charge in [-0.3, -0.25) is 9.59 Å². The minimum absolute atomic E-state index is 0.0586. The number of thiophene rings is 1. The number of hydrogen-bond donors (Lipinski definition) is 2. The lowest BCUT2D eigenvalue weighted by molar-refractivity contribution is -0.137. The largest absolute Gasteiger partial charge is 0.481 e. The van der Waals surface area contributed by atoms with E-state index in [1.165, 1.54) is 24.0 Å². The van der Waals surface area contributed by atoms with Crippen LogP contribution in [0.1, 0.15) is 58.0 Å². The number of anilines is 1. The van der Waals surface area contributed by atoms with Crippen LogP contribution in [0.4, 0.5) is 5.00 Å². The number of ether oxygens (including phenoxy) is 1. The van der Waals surface area contributed by atoms with Gasteiger partial charge in [0.15, 0.2) is 0 Å². The van der Waals surface area contributed by atoms with Crippen LogP contribution in [0, 0.1) is 0 Å². The third-order valence-electron chi connectivity index (χ3n) is 4.97. The van der Waals surface area contributed by atoms with E-state index in [9.17, 15) is 14.4 Å². The van der Waals surface area contributed by atoms with Gasteiger partial charge in [0.25, 0.3) is 0 Å². The first-order valence-electron chi connectivity index (χ1n) is 9.29. The van der Waals surface area contributed by atoms with E-state index in [-0.39, 0.29) is 25.2 Å². The summed E-state index contributed by atoms with van der Waals surface area (Å²) in [6.07, 6.45) is 2.81. The molecule has 6 nitrogen and oxygen atoms in total. The molecule has 2 aromatic rings. The van der Waals surface area contributed by atoms with Crippen LogP contribution in [0.5, 0.6) is 0 Å². The number of carboxylic acids is 1. The van der Waals surface area contributed by atoms with Gasteiger partial charge in [0.05, 0.1) is 12.7 Å². The Hall–Kier alpha value is -2.67. The zero-order valence-corrected chi connectivity index (χ0v) is 16.5. The molecule has 0 fully saturated rings. The molecule has 1 aromatic heterocycles. The molecular formula is C21H23NO5S. The molecule has 0 saturated carbocycles. The second kappa shape index (κ2) is 9.01. The molecule has 0 radical (unpaired) electrons. The Balaban J connectivity index is 1.80. The fourth-order valence-corrected chi connectivity index (χ4v) is 4.92. The fourth-order valence-electron chi connectivity index (χ4n) is 3.59. The van der Waals surface area contributed by atoms with Crippen molar-refractivity contribution in [3.8, 4) is 0 Å². The summed E-state index contributed by atoms with van der Waals surface area (Å²) < 4.78 is 4.95. The molecule has 1 amide bonds. The number of fused-ring (bicyclic) bond motifs is 1. The van der Waals surface area contributed by atoms with Crippen molar-refractivity contribution >= 4 is 34.2 Å². The smallest absolute Gasteiger partial charge is 0.341 e. The number of amides is 1. The van der Waals surface area contributed by atoms with Gasteiger partial charge in [-0.1, -0.05) is 30.3 Å². The van der Waals surface area contributed by atoms with E-state index in [0.29, 0.717) is 16.5 Å². The minimum atomic E-state index is -0.929. The number of esters is 1. The van der Waals surface area contributed by atoms with Gasteiger partial charge < -0.3 is 15.2 Å². The molecule has 1 atom stereocenters. The quantitative estimate of drug-likeness (QED) is 0.684. The summed E-state index contributed by atoms with van der Waals surface area (Å²) in [6.45, 7) is 0.